The van der Waals surface area contributed by atoms with Crippen LogP contribution >= 0.6 is 0 Å². The lowest BCUT2D eigenvalue weighted by molar-refractivity contribution is -0.122. The fourth-order valence-corrected chi connectivity index (χ4v) is 4.82. The smallest absolute Gasteiger partial charge is 0.305 e. The second-order valence-corrected chi connectivity index (χ2v) is 10.7. The maximum Gasteiger partial charge on any atom is 0.317 e. The number of hydrogen-bond acceptors (Lipinski definition) is 7. The van der Waals surface area contributed by atoms with Gasteiger partial charge in [-0.3, -0.25) is 4.79 Å². The Balaban J connectivity index is 1.64. The molecule has 9 nitrogen and oxygen atoms in total. The Morgan fingerprint density at radius 2 is 1.64 bits per heavy atom. The van der Waals surface area contributed by atoms with E-state index in [2.05, 4.69) is 4.28 Å². The summed E-state index contributed by atoms with van der Waals surface area (Å²) >= 11 is 0. The fourth-order valence-electron chi connectivity index (χ4n) is 2.83. The number of rotatable bonds is 9. The molecule has 0 saturated heterocycles. The molecule has 0 saturated carbocycles. The Morgan fingerprint density at radius 3 is 2.27 bits per heavy atom. The van der Waals surface area contributed by atoms with E-state index in [1.54, 1.807) is 30.3 Å². The average molecular weight is 490 g/mol. The first-order valence-electron chi connectivity index (χ1n) is 9.72. The summed E-state index contributed by atoms with van der Waals surface area (Å²) in [6.07, 6.45) is 5.06. The van der Waals surface area contributed by atoms with Gasteiger partial charge in [0.25, 0.3) is 15.9 Å². The molecule has 11 heteroatoms. The van der Waals surface area contributed by atoms with Crippen molar-refractivity contribution in [3.63, 3.8) is 0 Å². The first-order chi connectivity index (χ1) is 15.6. The highest BCUT2D eigenvalue weighted by Crippen LogP contribution is 2.17. The molecular formula is C22H23N3O6S2. The van der Waals surface area contributed by atoms with Gasteiger partial charge in [0.1, 0.15) is 0 Å². The quantitative estimate of drug-likeness (QED) is 0.362. The van der Waals surface area contributed by atoms with Crippen LogP contribution in [0.3, 0.4) is 0 Å². The van der Waals surface area contributed by atoms with Gasteiger partial charge < -0.3 is 4.90 Å². The molecule has 1 heterocycles. The topological polar surface area (TPSA) is 115 Å². The molecule has 0 bridgehead atoms. The van der Waals surface area contributed by atoms with Gasteiger partial charge in [-0.15, -0.1) is 4.28 Å². The molecule has 0 unspecified atom stereocenters. The van der Waals surface area contributed by atoms with Crippen LogP contribution in [0.2, 0.25) is 0 Å². The van der Waals surface area contributed by atoms with Crippen molar-refractivity contribution >= 4 is 32.1 Å². The highest BCUT2D eigenvalue weighted by atomic mass is 32.2. The SMILES string of the molecule is CN(C)Cc1ccc(S(=O)(=O)n2ccc(/C=C/C(=O)NOS(=O)(=O)c3ccccc3)c2)cc1. The van der Waals surface area contributed by atoms with Crippen LogP contribution in [0, 0.1) is 0 Å². The van der Waals surface area contributed by atoms with Crippen LogP contribution in [-0.4, -0.2) is 45.7 Å². The summed E-state index contributed by atoms with van der Waals surface area (Å²) in [5.41, 5.74) is 3.24. The zero-order valence-corrected chi connectivity index (χ0v) is 19.6. The number of hydrogen-bond donors (Lipinski definition) is 1. The van der Waals surface area contributed by atoms with Crippen molar-refractivity contribution in [2.45, 2.75) is 16.3 Å². The summed E-state index contributed by atoms with van der Waals surface area (Å²) < 4.78 is 55.2. The molecule has 3 rings (SSSR count). The van der Waals surface area contributed by atoms with Crippen molar-refractivity contribution in [2.75, 3.05) is 14.1 Å². The highest BCUT2D eigenvalue weighted by Gasteiger charge is 2.17. The molecule has 2 aromatic carbocycles. The standard InChI is InChI=1S/C22H23N3O6S2/c1-24(2)16-18-8-11-20(12-9-18)32(27,28)25-15-14-19(17-25)10-13-22(26)23-31-33(29,30)21-6-4-3-5-7-21/h3-15,17H,16H2,1-2H3,(H,23,26)/b13-10+. The molecule has 1 amide bonds. The highest BCUT2D eigenvalue weighted by molar-refractivity contribution is 7.90. The first-order valence-corrected chi connectivity index (χ1v) is 12.6. The van der Waals surface area contributed by atoms with E-state index in [0.29, 0.717) is 12.1 Å². The van der Waals surface area contributed by atoms with Gasteiger partial charge in [-0.05, 0) is 61.6 Å². The van der Waals surface area contributed by atoms with Crippen molar-refractivity contribution < 1.29 is 25.9 Å². The number of nitrogens with zero attached hydrogens (tertiary/aromatic N) is 2. The zero-order valence-electron chi connectivity index (χ0n) is 18.0. The Morgan fingerprint density at radius 1 is 0.970 bits per heavy atom. The third kappa shape index (κ3) is 6.39. The number of benzene rings is 2. The average Bonchev–Trinajstić information content (AvgIpc) is 3.27. The molecule has 33 heavy (non-hydrogen) atoms. The van der Waals surface area contributed by atoms with Crippen LogP contribution in [-0.2, 0) is 35.8 Å². The van der Waals surface area contributed by atoms with Gasteiger partial charge in [0.05, 0.1) is 9.79 Å². The van der Waals surface area contributed by atoms with Gasteiger partial charge in [0.15, 0.2) is 0 Å². The molecule has 0 aliphatic carbocycles. The van der Waals surface area contributed by atoms with Crippen molar-refractivity contribution in [1.29, 1.82) is 0 Å². The summed E-state index contributed by atoms with van der Waals surface area (Å²) in [4.78, 5) is 13.9. The molecule has 174 valence electrons. The molecule has 0 radical (unpaired) electrons. The van der Waals surface area contributed by atoms with E-state index in [9.17, 15) is 21.6 Å². The zero-order chi connectivity index (χ0) is 24.1. The molecule has 0 fully saturated rings. The summed E-state index contributed by atoms with van der Waals surface area (Å²) in [5, 5.41) is 0. The number of carbonyl (C=O) groups excluding carboxylic acids is 1. The molecule has 0 spiro atoms. The third-order valence-electron chi connectivity index (χ3n) is 4.40. The Labute approximate surface area is 193 Å². The normalized spacial score (nSPS) is 12.3. The van der Waals surface area contributed by atoms with Gasteiger partial charge >= 0.3 is 10.1 Å². The predicted molar refractivity (Wildman–Crippen MR) is 123 cm³/mol. The van der Waals surface area contributed by atoms with Crippen LogP contribution in [0.15, 0.2) is 88.9 Å². The second kappa shape index (κ2) is 10.1. The van der Waals surface area contributed by atoms with Crippen LogP contribution in [0.4, 0.5) is 0 Å². The number of nitrogens with one attached hydrogen (secondary N) is 1. The van der Waals surface area contributed by atoms with E-state index in [4.69, 9.17) is 0 Å². The summed E-state index contributed by atoms with van der Waals surface area (Å²) in [6.45, 7) is 0.692. The van der Waals surface area contributed by atoms with Gasteiger partial charge in [-0.25, -0.2) is 17.9 Å². The predicted octanol–water partition coefficient (Wildman–Crippen LogP) is 2.24. The minimum Gasteiger partial charge on any atom is -0.305 e. The molecule has 1 aromatic heterocycles. The van der Waals surface area contributed by atoms with Gasteiger partial charge in [0, 0.05) is 25.0 Å². The number of hydroxylamine groups is 1. The van der Waals surface area contributed by atoms with Gasteiger partial charge in [0.2, 0.25) is 0 Å². The number of aromatic nitrogens is 1. The van der Waals surface area contributed by atoms with Crippen LogP contribution in [0.1, 0.15) is 11.1 Å². The fraction of sp³-hybridized carbons (Fsp3) is 0.136. The summed E-state index contributed by atoms with van der Waals surface area (Å²) in [7, 11) is -4.09. The first kappa shape index (κ1) is 24.4. The second-order valence-electron chi connectivity index (χ2n) is 7.31. The Bertz CT molecular complexity index is 1340. The monoisotopic (exact) mass is 489 g/mol. The van der Waals surface area contributed by atoms with E-state index in [1.807, 2.05) is 24.5 Å². The van der Waals surface area contributed by atoms with E-state index in [0.717, 1.165) is 15.6 Å². The molecule has 0 aliphatic rings. The van der Waals surface area contributed by atoms with Crippen molar-refractivity contribution in [1.82, 2.24) is 14.4 Å². The van der Waals surface area contributed by atoms with E-state index < -0.39 is 26.0 Å². The van der Waals surface area contributed by atoms with Crippen molar-refractivity contribution in [3.8, 4) is 0 Å². The number of amides is 1. The molecule has 0 atom stereocenters. The van der Waals surface area contributed by atoms with Crippen molar-refractivity contribution in [3.05, 3.63) is 90.3 Å². The van der Waals surface area contributed by atoms with Crippen LogP contribution in [0.25, 0.3) is 6.08 Å². The number of carbonyl (C=O) groups is 1. The minimum atomic E-state index is -4.15. The largest absolute Gasteiger partial charge is 0.317 e. The van der Waals surface area contributed by atoms with Gasteiger partial charge in [-0.2, -0.15) is 8.42 Å². The minimum absolute atomic E-state index is 0.105. The van der Waals surface area contributed by atoms with E-state index in [-0.39, 0.29) is 9.79 Å². The Kier molecular flexibility index (Phi) is 7.49. The molecule has 0 aliphatic heterocycles. The lowest BCUT2D eigenvalue weighted by atomic mass is 10.2. The molecule has 1 N–H and O–H groups in total. The Hall–Kier alpha value is -3.25. The lowest BCUT2D eigenvalue weighted by Crippen LogP contribution is -2.25. The van der Waals surface area contributed by atoms with Gasteiger partial charge in [-0.1, -0.05) is 30.3 Å². The van der Waals surface area contributed by atoms with Crippen molar-refractivity contribution in [2.24, 2.45) is 0 Å². The third-order valence-corrected chi connectivity index (χ3v) is 7.20. The molecular weight excluding hydrogens is 466 g/mol. The molecule has 3 aromatic rings. The van der Waals surface area contributed by atoms with Crippen LogP contribution in [0.5, 0.6) is 0 Å². The maximum absolute atomic E-state index is 12.8. The van der Waals surface area contributed by atoms with Crippen LogP contribution < -0.4 is 5.48 Å². The van der Waals surface area contributed by atoms with E-state index >= 15 is 0 Å². The van der Waals surface area contributed by atoms with E-state index in [1.165, 1.54) is 48.8 Å². The summed E-state index contributed by atoms with van der Waals surface area (Å²) in [6, 6.07) is 15.5. The maximum atomic E-state index is 12.8. The lowest BCUT2D eigenvalue weighted by Gasteiger charge is -2.10. The summed E-state index contributed by atoms with van der Waals surface area (Å²) in [5.74, 6) is -0.832.